The zero-order chi connectivity index (χ0) is 17.4. The van der Waals surface area contributed by atoms with E-state index in [4.69, 9.17) is 4.74 Å². The average molecular weight is 335 g/mol. The van der Waals surface area contributed by atoms with Crippen LogP contribution >= 0.6 is 0 Å². The van der Waals surface area contributed by atoms with Crippen LogP contribution in [0.3, 0.4) is 0 Å². The standard InChI is InChI=1S/C17H19F2N3O2/c1-9-6-13-15(21-22(3)16(13)10(2)24-9)17(23)20-8-11-4-5-12(18)7-14(11)19/h4-5,7,9-10H,6,8H2,1-3H3,(H,20,23)/t9-,10+/m1/s1. The Morgan fingerprint density at radius 1 is 1.42 bits per heavy atom. The highest BCUT2D eigenvalue weighted by atomic mass is 19.1. The number of carbonyl (C=O) groups excluding carboxylic acids is 1. The van der Waals surface area contributed by atoms with Crippen LogP contribution in [0.1, 0.15) is 47.3 Å². The molecule has 0 saturated carbocycles. The molecule has 5 nitrogen and oxygen atoms in total. The van der Waals surface area contributed by atoms with Crippen LogP contribution in [-0.2, 0) is 24.8 Å². The average Bonchev–Trinajstić information content (AvgIpc) is 2.83. The number of fused-ring (bicyclic) bond motifs is 1. The van der Waals surface area contributed by atoms with Gasteiger partial charge in [-0.05, 0) is 19.9 Å². The van der Waals surface area contributed by atoms with Gasteiger partial charge in [-0.15, -0.1) is 0 Å². The highest BCUT2D eigenvalue weighted by Gasteiger charge is 2.31. The Kier molecular flexibility index (Phi) is 4.36. The van der Waals surface area contributed by atoms with E-state index in [9.17, 15) is 13.6 Å². The number of nitrogens with zero attached hydrogens (tertiary/aromatic N) is 2. The number of rotatable bonds is 3. The number of carbonyl (C=O) groups is 1. The van der Waals surface area contributed by atoms with E-state index in [0.717, 1.165) is 23.4 Å². The lowest BCUT2D eigenvalue weighted by Crippen LogP contribution is -2.27. The number of benzene rings is 1. The van der Waals surface area contributed by atoms with E-state index in [0.29, 0.717) is 12.1 Å². The number of hydrogen-bond donors (Lipinski definition) is 1. The van der Waals surface area contributed by atoms with Crippen LogP contribution in [0.4, 0.5) is 8.78 Å². The van der Waals surface area contributed by atoms with E-state index in [2.05, 4.69) is 10.4 Å². The molecule has 2 atom stereocenters. The fourth-order valence-corrected chi connectivity index (χ4v) is 3.15. The van der Waals surface area contributed by atoms with Gasteiger partial charge in [0.25, 0.3) is 5.91 Å². The molecular weight excluding hydrogens is 316 g/mol. The molecule has 0 unspecified atom stereocenters. The minimum atomic E-state index is -0.686. The molecule has 1 aromatic heterocycles. The van der Waals surface area contributed by atoms with Gasteiger partial charge >= 0.3 is 0 Å². The molecule has 0 saturated heterocycles. The van der Waals surface area contributed by atoms with Gasteiger partial charge in [-0.3, -0.25) is 9.48 Å². The molecule has 1 amide bonds. The molecule has 2 heterocycles. The van der Waals surface area contributed by atoms with Gasteiger partial charge in [-0.1, -0.05) is 6.07 Å². The Morgan fingerprint density at radius 2 is 2.17 bits per heavy atom. The van der Waals surface area contributed by atoms with Crippen LogP contribution in [0.15, 0.2) is 18.2 Å². The maximum absolute atomic E-state index is 13.7. The summed E-state index contributed by atoms with van der Waals surface area (Å²) >= 11 is 0. The van der Waals surface area contributed by atoms with Crippen LogP contribution in [0.25, 0.3) is 0 Å². The first-order valence-corrected chi connectivity index (χ1v) is 7.80. The maximum atomic E-state index is 13.7. The van der Waals surface area contributed by atoms with Gasteiger partial charge < -0.3 is 10.1 Å². The number of nitrogens with one attached hydrogen (secondary N) is 1. The Morgan fingerprint density at radius 3 is 2.88 bits per heavy atom. The molecule has 2 aromatic rings. The van der Waals surface area contributed by atoms with Gasteiger partial charge in [-0.25, -0.2) is 8.78 Å². The third-order valence-corrected chi connectivity index (χ3v) is 4.18. The third kappa shape index (κ3) is 3.03. The van der Waals surface area contributed by atoms with E-state index >= 15 is 0 Å². The van der Waals surface area contributed by atoms with Crippen molar-refractivity contribution in [2.45, 2.75) is 39.0 Å². The molecule has 0 spiro atoms. The second kappa shape index (κ2) is 6.32. The molecule has 0 aliphatic carbocycles. The number of ether oxygens (including phenoxy) is 1. The second-order valence-corrected chi connectivity index (χ2v) is 6.05. The van der Waals surface area contributed by atoms with Crippen molar-refractivity contribution >= 4 is 5.91 Å². The molecule has 3 rings (SSSR count). The molecule has 1 aliphatic rings. The Hall–Kier alpha value is -2.28. The molecule has 0 fully saturated rings. The third-order valence-electron chi connectivity index (χ3n) is 4.18. The molecule has 7 heteroatoms. The normalized spacial score (nSPS) is 19.9. The van der Waals surface area contributed by atoms with E-state index in [1.807, 2.05) is 13.8 Å². The molecule has 0 radical (unpaired) electrons. The SMILES string of the molecule is C[C@@H]1Cc2c(C(=O)NCc3ccc(F)cc3F)nn(C)c2[C@H](C)O1. The summed E-state index contributed by atoms with van der Waals surface area (Å²) in [5.74, 6) is -1.71. The second-order valence-electron chi connectivity index (χ2n) is 6.05. The summed E-state index contributed by atoms with van der Waals surface area (Å²) in [7, 11) is 1.77. The Labute approximate surface area is 138 Å². The van der Waals surface area contributed by atoms with Crippen molar-refractivity contribution in [3.05, 3.63) is 52.3 Å². The van der Waals surface area contributed by atoms with Crippen LogP contribution < -0.4 is 5.32 Å². The molecule has 1 N–H and O–H groups in total. The van der Waals surface area contributed by atoms with Crippen molar-refractivity contribution in [3.8, 4) is 0 Å². The highest BCUT2D eigenvalue weighted by molar-refractivity contribution is 5.94. The molecule has 1 aromatic carbocycles. The lowest BCUT2D eigenvalue weighted by molar-refractivity contribution is -0.00903. The van der Waals surface area contributed by atoms with Crippen molar-refractivity contribution in [3.63, 3.8) is 0 Å². The van der Waals surface area contributed by atoms with Crippen molar-refractivity contribution in [2.24, 2.45) is 7.05 Å². The number of halogens is 2. The fourth-order valence-electron chi connectivity index (χ4n) is 3.15. The summed E-state index contributed by atoms with van der Waals surface area (Å²) in [6.07, 6.45) is 0.455. The largest absolute Gasteiger partial charge is 0.369 e. The maximum Gasteiger partial charge on any atom is 0.272 e. The topological polar surface area (TPSA) is 56.2 Å². The molecular formula is C17H19F2N3O2. The first-order valence-electron chi connectivity index (χ1n) is 7.80. The predicted molar refractivity (Wildman–Crippen MR) is 83.4 cm³/mol. The van der Waals surface area contributed by atoms with Crippen LogP contribution in [0.5, 0.6) is 0 Å². The van der Waals surface area contributed by atoms with E-state index < -0.39 is 11.6 Å². The summed E-state index contributed by atoms with van der Waals surface area (Å²) in [5.41, 5.74) is 2.30. The lowest BCUT2D eigenvalue weighted by Gasteiger charge is -2.26. The Balaban J connectivity index is 1.80. The van der Waals surface area contributed by atoms with Gasteiger partial charge in [0, 0.05) is 37.2 Å². The summed E-state index contributed by atoms with van der Waals surface area (Å²) in [5, 5.41) is 6.95. The minimum absolute atomic E-state index is 0.00204. The fraction of sp³-hybridized carbons (Fsp3) is 0.412. The quantitative estimate of drug-likeness (QED) is 0.938. The minimum Gasteiger partial charge on any atom is -0.369 e. The molecule has 0 bridgehead atoms. The number of aryl methyl sites for hydroxylation is 1. The smallest absolute Gasteiger partial charge is 0.272 e. The Bertz CT molecular complexity index is 788. The number of aromatic nitrogens is 2. The highest BCUT2D eigenvalue weighted by Crippen LogP contribution is 2.31. The van der Waals surface area contributed by atoms with E-state index in [1.54, 1.807) is 11.7 Å². The van der Waals surface area contributed by atoms with Crippen LogP contribution in [0.2, 0.25) is 0 Å². The monoisotopic (exact) mass is 335 g/mol. The number of amides is 1. The van der Waals surface area contributed by atoms with Crippen molar-refractivity contribution in [1.29, 1.82) is 0 Å². The lowest BCUT2D eigenvalue weighted by atomic mass is 9.99. The van der Waals surface area contributed by atoms with Crippen LogP contribution in [-0.4, -0.2) is 21.8 Å². The van der Waals surface area contributed by atoms with Crippen molar-refractivity contribution in [2.75, 3.05) is 0 Å². The molecule has 1 aliphatic heterocycles. The van der Waals surface area contributed by atoms with Gasteiger partial charge in [0.2, 0.25) is 0 Å². The first kappa shape index (κ1) is 16.6. The molecule has 128 valence electrons. The summed E-state index contributed by atoms with van der Waals surface area (Å²) in [6.45, 7) is 3.84. The van der Waals surface area contributed by atoms with Gasteiger partial charge in [0.1, 0.15) is 11.6 Å². The predicted octanol–water partition coefficient (Wildman–Crippen LogP) is 2.65. The van der Waals surface area contributed by atoms with E-state index in [-0.39, 0.29) is 30.2 Å². The zero-order valence-corrected chi connectivity index (χ0v) is 13.8. The van der Waals surface area contributed by atoms with E-state index in [1.165, 1.54) is 6.07 Å². The molecule has 24 heavy (non-hydrogen) atoms. The summed E-state index contributed by atoms with van der Waals surface area (Å²) in [4.78, 5) is 12.5. The summed E-state index contributed by atoms with van der Waals surface area (Å²) < 4.78 is 34.0. The van der Waals surface area contributed by atoms with Gasteiger partial charge in [0.05, 0.1) is 17.9 Å². The summed E-state index contributed by atoms with van der Waals surface area (Å²) in [6, 6.07) is 3.27. The number of hydrogen-bond acceptors (Lipinski definition) is 3. The van der Waals surface area contributed by atoms with Crippen LogP contribution in [0, 0.1) is 11.6 Å². The van der Waals surface area contributed by atoms with Gasteiger partial charge in [-0.2, -0.15) is 5.10 Å². The van der Waals surface area contributed by atoms with Gasteiger partial charge in [0.15, 0.2) is 5.69 Å². The zero-order valence-electron chi connectivity index (χ0n) is 13.8. The first-order chi connectivity index (χ1) is 11.4. The van der Waals surface area contributed by atoms with Crippen molar-refractivity contribution in [1.82, 2.24) is 15.1 Å². The van der Waals surface area contributed by atoms with Crippen molar-refractivity contribution < 1.29 is 18.3 Å².